The van der Waals surface area contributed by atoms with Crippen molar-refractivity contribution in [2.24, 2.45) is 5.73 Å². The summed E-state index contributed by atoms with van der Waals surface area (Å²) in [4.78, 5) is 3.94. The van der Waals surface area contributed by atoms with Crippen molar-refractivity contribution in [2.45, 2.75) is 25.8 Å². The van der Waals surface area contributed by atoms with E-state index in [2.05, 4.69) is 11.9 Å². The smallest absolute Gasteiger partial charge is 0.180 e. The molecule has 0 bridgehead atoms. The minimum absolute atomic E-state index is 0.0451. The SMILES string of the molecule is CCCC(N)c1cocn1. The zero-order valence-corrected chi connectivity index (χ0v) is 6.08. The molecule has 1 aromatic heterocycles. The van der Waals surface area contributed by atoms with Gasteiger partial charge in [-0.15, -0.1) is 0 Å². The molecule has 3 nitrogen and oxygen atoms in total. The molecule has 0 saturated heterocycles. The van der Waals surface area contributed by atoms with Crippen molar-refractivity contribution in [1.29, 1.82) is 0 Å². The van der Waals surface area contributed by atoms with Gasteiger partial charge in [-0.1, -0.05) is 13.3 Å². The lowest BCUT2D eigenvalue weighted by Crippen LogP contribution is -2.09. The average Bonchev–Trinajstić information content (AvgIpc) is 2.38. The summed E-state index contributed by atoms with van der Waals surface area (Å²) in [5.41, 5.74) is 6.58. The monoisotopic (exact) mass is 140 g/mol. The molecule has 0 fully saturated rings. The second-order valence-electron chi connectivity index (χ2n) is 2.31. The summed E-state index contributed by atoms with van der Waals surface area (Å²) in [5.74, 6) is 0. The highest BCUT2D eigenvalue weighted by Gasteiger charge is 2.05. The van der Waals surface area contributed by atoms with Crippen molar-refractivity contribution < 1.29 is 4.42 Å². The van der Waals surface area contributed by atoms with E-state index >= 15 is 0 Å². The normalized spacial score (nSPS) is 13.4. The van der Waals surface area contributed by atoms with Crippen LogP contribution in [0.5, 0.6) is 0 Å². The van der Waals surface area contributed by atoms with Gasteiger partial charge in [0.25, 0.3) is 0 Å². The molecule has 0 saturated carbocycles. The maximum Gasteiger partial charge on any atom is 0.180 e. The van der Waals surface area contributed by atoms with Crippen molar-refractivity contribution in [1.82, 2.24) is 4.98 Å². The summed E-state index contributed by atoms with van der Waals surface area (Å²) < 4.78 is 4.79. The summed E-state index contributed by atoms with van der Waals surface area (Å²) in [5, 5.41) is 0. The fraction of sp³-hybridized carbons (Fsp3) is 0.571. The molecular formula is C7H12N2O. The standard InChI is InChI=1S/C7H12N2O/c1-2-3-6(8)7-4-10-5-9-7/h4-6H,2-3,8H2,1H3. The number of hydrogen-bond acceptors (Lipinski definition) is 3. The van der Waals surface area contributed by atoms with Crippen LogP contribution >= 0.6 is 0 Å². The van der Waals surface area contributed by atoms with Gasteiger partial charge in [-0.25, -0.2) is 4.98 Å². The molecule has 10 heavy (non-hydrogen) atoms. The Morgan fingerprint density at radius 1 is 1.80 bits per heavy atom. The summed E-state index contributed by atoms with van der Waals surface area (Å²) in [6.45, 7) is 2.10. The van der Waals surface area contributed by atoms with E-state index in [4.69, 9.17) is 10.2 Å². The van der Waals surface area contributed by atoms with Crippen LogP contribution < -0.4 is 5.73 Å². The predicted molar refractivity (Wildman–Crippen MR) is 38.3 cm³/mol. The fourth-order valence-corrected chi connectivity index (χ4v) is 0.864. The molecule has 0 amide bonds. The lowest BCUT2D eigenvalue weighted by Gasteiger charge is -2.03. The van der Waals surface area contributed by atoms with E-state index in [-0.39, 0.29) is 6.04 Å². The Kier molecular flexibility index (Phi) is 2.45. The molecule has 0 aliphatic rings. The number of rotatable bonds is 3. The van der Waals surface area contributed by atoms with Crippen LogP contribution in [0.2, 0.25) is 0 Å². The average molecular weight is 140 g/mol. The van der Waals surface area contributed by atoms with Crippen LogP contribution in [0.25, 0.3) is 0 Å². The highest BCUT2D eigenvalue weighted by Crippen LogP contribution is 2.11. The lowest BCUT2D eigenvalue weighted by atomic mass is 10.1. The highest BCUT2D eigenvalue weighted by atomic mass is 16.3. The van der Waals surface area contributed by atoms with Crippen molar-refractivity contribution in [3.63, 3.8) is 0 Å². The highest BCUT2D eigenvalue weighted by molar-refractivity contribution is 4.97. The quantitative estimate of drug-likeness (QED) is 0.691. The van der Waals surface area contributed by atoms with E-state index in [0.717, 1.165) is 18.5 Å². The van der Waals surface area contributed by atoms with Crippen molar-refractivity contribution in [3.05, 3.63) is 18.4 Å². The third-order valence-corrected chi connectivity index (χ3v) is 1.43. The van der Waals surface area contributed by atoms with E-state index in [1.165, 1.54) is 6.39 Å². The van der Waals surface area contributed by atoms with E-state index in [1.807, 2.05) is 0 Å². The van der Waals surface area contributed by atoms with Gasteiger partial charge in [0, 0.05) is 0 Å². The minimum Gasteiger partial charge on any atom is -0.451 e. The topological polar surface area (TPSA) is 52.0 Å². The maximum absolute atomic E-state index is 5.73. The predicted octanol–water partition coefficient (Wildman–Crippen LogP) is 1.47. The van der Waals surface area contributed by atoms with Gasteiger partial charge in [0.1, 0.15) is 6.26 Å². The van der Waals surface area contributed by atoms with Gasteiger partial charge in [0.05, 0.1) is 11.7 Å². The van der Waals surface area contributed by atoms with Gasteiger partial charge in [-0.3, -0.25) is 0 Å². The first-order valence-electron chi connectivity index (χ1n) is 3.48. The largest absolute Gasteiger partial charge is 0.451 e. The molecule has 1 unspecified atom stereocenters. The van der Waals surface area contributed by atoms with Gasteiger partial charge >= 0.3 is 0 Å². The molecule has 0 radical (unpaired) electrons. The van der Waals surface area contributed by atoms with Crippen molar-refractivity contribution >= 4 is 0 Å². The Hall–Kier alpha value is -0.830. The Morgan fingerprint density at radius 3 is 3.10 bits per heavy atom. The van der Waals surface area contributed by atoms with Crippen LogP contribution in [0.4, 0.5) is 0 Å². The van der Waals surface area contributed by atoms with Crippen LogP contribution in [0.1, 0.15) is 31.5 Å². The Labute approximate surface area is 60.2 Å². The van der Waals surface area contributed by atoms with Crippen molar-refractivity contribution in [3.8, 4) is 0 Å². The zero-order valence-electron chi connectivity index (χ0n) is 6.08. The summed E-state index contributed by atoms with van der Waals surface area (Å²) in [7, 11) is 0. The molecule has 0 spiro atoms. The van der Waals surface area contributed by atoms with Gasteiger partial charge in [0.15, 0.2) is 6.39 Å². The first-order valence-corrected chi connectivity index (χ1v) is 3.48. The van der Waals surface area contributed by atoms with Crippen LogP contribution in [0, 0.1) is 0 Å². The number of nitrogens with zero attached hydrogens (tertiary/aromatic N) is 1. The van der Waals surface area contributed by atoms with Crippen LogP contribution in [-0.2, 0) is 0 Å². The fourth-order valence-electron chi connectivity index (χ4n) is 0.864. The molecule has 3 heteroatoms. The summed E-state index contributed by atoms with van der Waals surface area (Å²) in [6, 6.07) is 0.0451. The number of aromatic nitrogens is 1. The van der Waals surface area contributed by atoms with E-state index in [1.54, 1.807) is 6.26 Å². The molecule has 1 heterocycles. The third kappa shape index (κ3) is 1.57. The van der Waals surface area contributed by atoms with Gasteiger partial charge < -0.3 is 10.2 Å². The number of hydrogen-bond donors (Lipinski definition) is 1. The molecule has 2 N–H and O–H groups in total. The zero-order chi connectivity index (χ0) is 7.40. The Bertz CT molecular complexity index is 172. The number of nitrogens with two attached hydrogens (primary N) is 1. The summed E-state index contributed by atoms with van der Waals surface area (Å²) in [6.07, 6.45) is 5.05. The second-order valence-corrected chi connectivity index (χ2v) is 2.31. The van der Waals surface area contributed by atoms with Crippen LogP contribution in [0.3, 0.4) is 0 Å². The minimum atomic E-state index is 0.0451. The van der Waals surface area contributed by atoms with Crippen LogP contribution in [0.15, 0.2) is 17.1 Å². The number of oxazole rings is 1. The Morgan fingerprint density at radius 2 is 2.60 bits per heavy atom. The molecule has 1 rings (SSSR count). The lowest BCUT2D eigenvalue weighted by molar-refractivity contribution is 0.550. The van der Waals surface area contributed by atoms with Crippen LogP contribution in [-0.4, -0.2) is 4.98 Å². The molecule has 1 atom stereocenters. The molecule has 0 aliphatic heterocycles. The Balaban J connectivity index is 2.50. The maximum atomic E-state index is 5.73. The molecule has 56 valence electrons. The van der Waals surface area contributed by atoms with Gasteiger partial charge in [-0.05, 0) is 6.42 Å². The van der Waals surface area contributed by atoms with E-state index < -0.39 is 0 Å². The van der Waals surface area contributed by atoms with E-state index in [0.29, 0.717) is 0 Å². The molecule has 0 aromatic carbocycles. The van der Waals surface area contributed by atoms with Gasteiger partial charge in [-0.2, -0.15) is 0 Å². The molecular weight excluding hydrogens is 128 g/mol. The van der Waals surface area contributed by atoms with Crippen molar-refractivity contribution in [2.75, 3.05) is 0 Å². The van der Waals surface area contributed by atoms with E-state index in [9.17, 15) is 0 Å². The first kappa shape index (κ1) is 7.28. The van der Waals surface area contributed by atoms with Gasteiger partial charge in [0.2, 0.25) is 0 Å². The first-order chi connectivity index (χ1) is 4.84. The summed E-state index contributed by atoms with van der Waals surface area (Å²) >= 11 is 0. The molecule has 0 aliphatic carbocycles. The molecule has 1 aromatic rings. The second kappa shape index (κ2) is 3.37. The third-order valence-electron chi connectivity index (χ3n) is 1.43.